The molecule has 1 aromatic carbocycles. The number of fused-ring (bicyclic) bond motifs is 1. The second-order valence-corrected chi connectivity index (χ2v) is 7.20. The number of hydrogen-bond acceptors (Lipinski definition) is 4. The first-order valence-electron chi connectivity index (χ1n) is 9.40. The quantitative estimate of drug-likeness (QED) is 0.672. The molecular formula is C20H25N5O2. The van der Waals surface area contributed by atoms with Crippen molar-refractivity contribution >= 4 is 16.9 Å². The van der Waals surface area contributed by atoms with Gasteiger partial charge in [0.2, 0.25) is 5.91 Å². The van der Waals surface area contributed by atoms with Crippen molar-refractivity contribution in [1.82, 2.24) is 24.0 Å². The van der Waals surface area contributed by atoms with E-state index in [1.165, 1.54) is 0 Å². The van der Waals surface area contributed by atoms with Crippen LogP contribution in [-0.2, 0) is 18.5 Å². The highest BCUT2D eigenvalue weighted by atomic mass is 16.5. The summed E-state index contributed by atoms with van der Waals surface area (Å²) in [6.07, 6.45) is 6.50. The van der Waals surface area contributed by atoms with Gasteiger partial charge < -0.3 is 18.8 Å². The van der Waals surface area contributed by atoms with Gasteiger partial charge in [-0.1, -0.05) is 13.3 Å². The molecule has 1 aliphatic heterocycles. The maximum Gasteiger partial charge on any atom is 0.224 e. The lowest BCUT2D eigenvalue weighted by atomic mass is 10.0. The fourth-order valence-corrected chi connectivity index (χ4v) is 3.89. The molecule has 1 atom stereocenters. The Morgan fingerprint density at radius 2 is 2.15 bits per heavy atom. The molecule has 3 aromatic rings. The van der Waals surface area contributed by atoms with Crippen LogP contribution < -0.4 is 4.74 Å². The number of imidazole rings is 2. The van der Waals surface area contributed by atoms with Gasteiger partial charge in [-0.15, -0.1) is 0 Å². The van der Waals surface area contributed by atoms with Crippen molar-refractivity contribution in [2.24, 2.45) is 13.0 Å². The van der Waals surface area contributed by atoms with Gasteiger partial charge in [0.25, 0.3) is 0 Å². The predicted molar refractivity (Wildman–Crippen MR) is 103 cm³/mol. The molecule has 3 heterocycles. The Morgan fingerprint density at radius 1 is 1.30 bits per heavy atom. The average molecular weight is 367 g/mol. The molecule has 0 spiro atoms. The number of rotatable bonds is 6. The minimum Gasteiger partial charge on any atom is -0.497 e. The molecule has 0 bridgehead atoms. The molecule has 0 saturated carbocycles. The summed E-state index contributed by atoms with van der Waals surface area (Å²) in [6.45, 7) is 3.45. The van der Waals surface area contributed by atoms with E-state index >= 15 is 0 Å². The molecule has 1 unspecified atom stereocenters. The lowest BCUT2D eigenvalue weighted by Crippen LogP contribution is -2.28. The van der Waals surface area contributed by atoms with E-state index in [0.29, 0.717) is 19.0 Å². The van der Waals surface area contributed by atoms with E-state index in [1.54, 1.807) is 13.3 Å². The molecule has 142 valence electrons. The molecule has 27 heavy (non-hydrogen) atoms. The maximum absolute atomic E-state index is 12.6. The zero-order valence-electron chi connectivity index (χ0n) is 16.1. The van der Waals surface area contributed by atoms with Gasteiger partial charge in [0, 0.05) is 38.5 Å². The van der Waals surface area contributed by atoms with Gasteiger partial charge >= 0.3 is 0 Å². The summed E-state index contributed by atoms with van der Waals surface area (Å²) in [5.41, 5.74) is 1.81. The standard InChI is InChI=1S/C20H25N5O2/c1-4-5-14-10-18(26)24(12-14)13-25-17-11-15(27-3)6-7-16(17)22-20(25)19-21-8-9-23(19)2/h6-9,11,14H,4-5,10,12-13H2,1-3H3. The highest BCUT2D eigenvalue weighted by Crippen LogP contribution is 2.29. The topological polar surface area (TPSA) is 65.2 Å². The molecule has 1 aliphatic rings. The second kappa shape index (κ2) is 7.06. The van der Waals surface area contributed by atoms with Crippen molar-refractivity contribution < 1.29 is 9.53 Å². The van der Waals surface area contributed by atoms with Gasteiger partial charge in [-0.2, -0.15) is 0 Å². The monoisotopic (exact) mass is 367 g/mol. The van der Waals surface area contributed by atoms with Gasteiger partial charge in [0.05, 0.1) is 24.8 Å². The fraction of sp³-hybridized carbons (Fsp3) is 0.450. The summed E-state index contributed by atoms with van der Waals surface area (Å²) in [5, 5.41) is 0. The first kappa shape index (κ1) is 17.6. The number of benzene rings is 1. The van der Waals surface area contributed by atoms with Crippen LogP contribution in [0.4, 0.5) is 0 Å². The first-order chi connectivity index (χ1) is 13.1. The molecule has 0 N–H and O–H groups in total. The van der Waals surface area contributed by atoms with E-state index in [4.69, 9.17) is 9.72 Å². The minimum absolute atomic E-state index is 0.212. The number of methoxy groups -OCH3 is 1. The maximum atomic E-state index is 12.6. The third-order valence-corrected chi connectivity index (χ3v) is 5.28. The van der Waals surface area contributed by atoms with Crippen LogP contribution in [0, 0.1) is 5.92 Å². The summed E-state index contributed by atoms with van der Waals surface area (Å²) in [6, 6.07) is 5.82. The Labute approximate surface area is 158 Å². The summed E-state index contributed by atoms with van der Waals surface area (Å²) in [5.74, 6) is 2.97. The number of aromatic nitrogens is 4. The SMILES string of the molecule is CCCC1CC(=O)N(Cn2c(-c3nccn3C)nc3ccc(OC)cc32)C1. The zero-order chi connectivity index (χ0) is 19.0. The van der Waals surface area contributed by atoms with E-state index in [0.717, 1.165) is 47.8 Å². The van der Waals surface area contributed by atoms with Gasteiger partial charge in [-0.25, -0.2) is 9.97 Å². The molecule has 0 aliphatic carbocycles. The van der Waals surface area contributed by atoms with E-state index in [2.05, 4.69) is 16.5 Å². The molecule has 7 heteroatoms. The highest BCUT2D eigenvalue weighted by Gasteiger charge is 2.30. The molecule has 1 amide bonds. The highest BCUT2D eigenvalue weighted by molar-refractivity contribution is 5.82. The predicted octanol–water partition coefficient (Wildman–Crippen LogP) is 3.05. The molecule has 1 saturated heterocycles. The summed E-state index contributed by atoms with van der Waals surface area (Å²) in [4.78, 5) is 23.8. The lowest BCUT2D eigenvalue weighted by molar-refractivity contribution is -0.129. The van der Waals surface area contributed by atoms with Crippen molar-refractivity contribution in [3.8, 4) is 17.4 Å². The zero-order valence-corrected chi connectivity index (χ0v) is 16.1. The lowest BCUT2D eigenvalue weighted by Gasteiger charge is -2.19. The molecule has 7 nitrogen and oxygen atoms in total. The number of ether oxygens (including phenoxy) is 1. The Kier molecular flexibility index (Phi) is 4.59. The number of aryl methyl sites for hydroxylation is 1. The van der Waals surface area contributed by atoms with Crippen LogP contribution in [0.25, 0.3) is 22.7 Å². The molecule has 1 fully saturated rings. The van der Waals surface area contributed by atoms with Crippen molar-refractivity contribution in [2.75, 3.05) is 13.7 Å². The van der Waals surface area contributed by atoms with Crippen molar-refractivity contribution in [1.29, 1.82) is 0 Å². The van der Waals surface area contributed by atoms with E-state index in [9.17, 15) is 4.79 Å². The summed E-state index contributed by atoms with van der Waals surface area (Å²) < 4.78 is 9.42. The van der Waals surface area contributed by atoms with Crippen LogP contribution in [-0.4, -0.2) is 43.6 Å². The third kappa shape index (κ3) is 3.18. The first-order valence-corrected chi connectivity index (χ1v) is 9.40. The number of hydrogen-bond donors (Lipinski definition) is 0. The average Bonchev–Trinajstić information content (AvgIpc) is 3.33. The van der Waals surface area contributed by atoms with Gasteiger partial charge in [-0.3, -0.25) is 4.79 Å². The van der Waals surface area contributed by atoms with Crippen molar-refractivity contribution in [3.05, 3.63) is 30.6 Å². The fourth-order valence-electron chi connectivity index (χ4n) is 3.89. The van der Waals surface area contributed by atoms with Gasteiger partial charge in [-0.05, 0) is 24.5 Å². The van der Waals surface area contributed by atoms with E-state index < -0.39 is 0 Å². The van der Waals surface area contributed by atoms with Crippen LogP contribution in [0.3, 0.4) is 0 Å². The Morgan fingerprint density at radius 3 is 2.85 bits per heavy atom. The van der Waals surface area contributed by atoms with Crippen LogP contribution in [0.1, 0.15) is 26.2 Å². The van der Waals surface area contributed by atoms with Crippen molar-refractivity contribution in [2.45, 2.75) is 32.9 Å². The van der Waals surface area contributed by atoms with Crippen molar-refractivity contribution in [3.63, 3.8) is 0 Å². The normalized spacial score (nSPS) is 17.2. The minimum atomic E-state index is 0.212. The van der Waals surface area contributed by atoms with Gasteiger partial charge in [0.15, 0.2) is 11.6 Å². The number of nitrogens with zero attached hydrogens (tertiary/aromatic N) is 5. The Bertz CT molecular complexity index is 974. The molecule has 0 radical (unpaired) electrons. The van der Waals surface area contributed by atoms with Crippen LogP contribution in [0.2, 0.25) is 0 Å². The van der Waals surface area contributed by atoms with Crippen LogP contribution in [0.15, 0.2) is 30.6 Å². The van der Waals surface area contributed by atoms with E-state index in [-0.39, 0.29) is 5.91 Å². The largest absolute Gasteiger partial charge is 0.497 e. The van der Waals surface area contributed by atoms with Crippen LogP contribution >= 0.6 is 0 Å². The number of amides is 1. The Hall–Kier alpha value is -2.83. The Balaban J connectivity index is 1.77. The number of likely N-dealkylation sites (tertiary alicyclic amines) is 1. The number of carbonyl (C=O) groups is 1. The molecular weight excluding hydrogens is 342 g/mol. The summed E-state index contributed by atoms with van der Waals surface area (Å²) >= 11 is 0. The van der Waals surface area contributed by atoms with E-state index in [1.807, 2.05) is 40.9 Å². The number of carbonyl (C=O) groups excluding carboxylic acids is 1. The third-order valence-electron chi connectivity index (χ3n) is 5.28. The second-order valence-electron chi connectivity index (χ2n) is 7.20. The van der Waals surface area contributed by atoms with Gasteiger partial charge in [0.1, 0.15) is 5.75 Å². The van der Waals surface area contributed by atoms with Crippen LogP contribution in [0.5, 0.6) is 5.75 Å². The smallest absolute Gasteiger partial charge is 0.224 e. The molecule has 2 aromatic heterocycles. The summed E-state index contributed by atoms with van der Waals surface area (Å²) in [7, 11) is 3.60. The molecule has 4 rings (SSSR count).